The Labute approximate surface area is 115 Å². The van der Waals surface area contributed by atoms with E-state index in [0.29, 0.717) is 18.2 Å². The lowest BCUT2D eigenvalue weighted by Gasteiger charge is -2.04. The van der Waals surface area contributed by atoms with E-state index < -0.39 is 0 Å². The van der Waals surface area contributed by atoms with E-state index in [9.17, 15) is 4.79 Å². The smallest absolute Gasteiger partial charge is 0.230 e. The third-order valence-electron chi connectivity index (χ3n) is 2.37. The van der Waals surface area contributed by atoms with Gasteiger partial charge in [-0.3, -0.25) is 4.79 Å². The highest BCUT2D eigenvalue weighted by molar-refractivity contribution is 7.15. The number of nitrogens with one attached hydrogen (secondary N) is 1. The van der Waals surface area contributed by atoms with E-state index in [2.05, 4.69) is 15.5 Å². The zero-order chi connectivity index (χ0) is 13.7. The molecule has 1 heterocycles. The van der Waals surface area contributed by atoms with Crippen molar-refractivity contribution in [2.24, 2.45) is 0 Å². The number of nitrogens with zero attached hydrogens (tertiary/aromatic N) is 2. The second kappa shape index (κ2) is 6.29. The molecular weight excluding hydrogens is 262 g/mol. The Hall–Kier alpha value is -1.95. The first kappa shape index (κ1) is 13.5. The molecule has 2 rings (SSSR count). The van der Waals surface area contributed by atoms with Gasteiger partial charge in [0.2, 0.25) is 11.0 Å². The number of ether oxygens (including phenoxy) is 1. The molecule has 1 aromatic heterocycles. The fourth-order valence-electron chi connectivity index (χ4n) is 1.57. The molecule has 1 amide bonds. The normalized spacial score (nSPS) is 10.2. The Kier molecular flexibility index (Phi) is 4.46. The van der Waals surface area contributed by atoms with Crippen LogP contribution in [0.1, 0.15) is 17.5 Å². The van der Waals surface area contributed by atoms with Crippen molar-refractivity contribution in [2.45, 2.75) is 20.3 Å². The standard InChI is InChI=1S/C13H15N3O2S/c1-3-18-11-6-4-10(5-7-11)8-12(17)14-13-16-15-9(2)19-13/h4-7H,3,8H2,1-2H3,(H,14,16,17). The zero-order valence-electron chi connectivity index (χ0n) is 10.8. The van der Waals surface area contributed by atoms with Gasteiger partial charge in [-0.1, -0.05) is 23.5 Å². The molecule has 0 fully saturated rings. The minimum Gasteiger partial charge on any atom is -0.494 e. The molecular formula is C13H15N3O2S. The van der Waals surface area contributed by atoms with Crippen LogP contribution in [0.25, 0.3) is 0 Å². The maximum absolute atomic E-state index is 11.8. The average Bonchev–Trinajstić information content (AvgIpc) is 2.77. The molecule has 0 radical (unpaired) electrons. The number of amides is 1. The first-order valence-electron chi connectivity index (χ1n) is 5.99. The lowest BCUT2D eigenvalue weighted by Crippen LogP contribution is -2.14. The summed E-state index contributed by atoms with van der Waals surface area (Å²) < 4.78 is 5.35. The molecule has 2 aromatic rings. The van der Waals surface area contributed by atoms with Gasteiger partial charge in [-0.2, -0.15) is 0 Å². The third-order valence-corrected chi connectivity index (χ3v) is 3.13. The quantitative estimate of drug-likeness (QED) is 0.911. The van der Waals surface area contributed by atoms with E-state index in [1.807, 2.05) is 38.1 Å². The topological polar surface area (TPSA) is 64.1 Å². The van der Waals surface area contributed by atoms with E-state index in [4.69, 9.17) is 4.74 Å². The Morgan fingerprint density at radius 3 is 2.63 bits per heavy atom. The molecule has 0 aliphatic heterocycles. The van der Waals surface area contributed by atoms with Crippen molar-refractivity contribution in [3.63, 3.8) is 0 Å². The SMILES string of the molecule is CCOc1ccc(CC(=O)Nc2nnc(C)s2)cc1. The van der Waals surface area contributed by atoms with Gasteiger partial charge in [0.1, 0.15) is 10.8 Å². The summed E-state index contributed by atoms with van der Waals surface area (Å²) in [7, 11) is 0. The van der Waals surface area contributed by atoms with Crippen LogP contribution in [0.4, 0.5) is 5.13 Å². The highest BCUT2D eigenvalue weighted by Gasteiger charge is 2.07. The highest BCUT2D eigenvalue weighted by atomic mass is 32.1. The van der Waals surface area contributed by atoms with Crippen LogP contribution in [0, 0.1) is 6.92 Å². The molecule has 19 heavy (non-hydrogen) atoms. The Bertz CT molecular complexity index is 551. The number of anilines is 1. The third kappa shape index (κ3) is 4.03. The van der Waals surface area contributed by atoms with Gasteiger partial charge in [0.25, 0.3) is 0 Å². The van der Waals surface area contributed by atoms with Gasteiger partial charge in [-0.05, 0) is 31.5 Å². The number of hydrogen-bond donors (Lipinski definition) is 1. The van der Waals surface area contributed by atoms with Crippen LogP contribution in [0.5, 0.6) is 5.75 Å². The fraction of sp³-hybridized carbons (Fsp3) is 0.308. The van der Waals surface area contributed by atoms with E-state index in [0.717, 1.165) is 16.3 Å². The van der Waals surface area contributed by atoms with Crippen molar-refractivity contribution >= 4 is 22.4 Å². The van der Waals surface area contributed by atoms with E-state index in [-0.39, 0.29) is 5.91 Å². The molecule has 0 bridgehead atoms. The van der Waals surface area contributed by atoms with Crippen molar-refractivity contribution < 1.29 is 9.53 Å². The number of aromatic nitrogens is 2. The fourth-order valence-corrected chi connectivity index (χ4v) is 2.17. The monoisotopic (exact) mass is 277 g/mol. The number of aryl methyl sites for hydroxylation is 1. The minimum atomic E-state index is -0.0969. The van der Waals surface area contributed by atoms with Crippen molar-refractivity contribution in [1.82, 2.24) is 10.2 Å². The second-order valence-electron chi connectivity index (χ2n) is 3.93. The first-order valence-corrected chi connectivity index (χ1v) is 6.80. The number of carbonyl (C=O) groups excluding carboxylic acids is 1. The van der Waals surface area contributed by atoms with Gasteiger partial charge >= 0.3 is 0 Å². The van der Waals surface area contributed by atoms with Crippen molar-refractivity contribution in [2.75, 3.05) is 11.9 Å². The molecule has 0 spiro atoms. The van der Waals surface area contributed by atoms with Gasteiger partial charge in [-0.15, -0.1) is 10.2 Å². The Morgan fingerprint density at radius 1 is 1.32 bits per heavy atom. The van der Waals surface area contributed by atoms with Crippen LogP contribution in [0.2, 0.25) is 0 Å². The lowest BCUT2D eigenvalue weighted by molar-refractivity contribution is -0.115. The Balaban J connectivity index is 1.91. The molecule has 0 aliphatic carbocycles. The van der Waals surface area contributed by atoms with Crippen LogP contribution < -0.4 is 10.1 Å². The number of carbonyl (C=O) groups is 1. The molecule has 6 heteroatoms. The van der Waals surface area contributed by atoms with Crippen molar-refractivity contribution in [3.8, 4) is 5.75 Å². The Morgan fingerprint density at radius 2 is 2.05 bits per heavy atom. The van der Waals surface area contributed by atoms with E-state index in [1.54, 1.807) is 0 Å². The maximum Gasteiger partial charge on any atom is 0.230 e. The molecule has 1 aromatic carbocycles. The summed E-state index contributed by atoms with van der Waals surface area (Å²) in [5.74, 6) is 0.715. The van der Waals surface area contributed by atoms with Gasteiger partial charge < -0.3 is 10.1 Å². The van der Waals surface area contributed by atoms with Gasteiger partial charge in [0.05, 0.1) is 13.0 Å². The molecule has 0 saturated carbocycles. The summed E-state index contributed by atoms with van der Waals surface area (Å²) >= 11 is 1.36. The van der Waals surface area contributed by atoms with Crippen molar-refractivity contribution in [1.29, 1.82) is 0 Å². The summed E-state index contributed by atoms with van der Waals surface area (Å²) in [6, 6.07) is 7.49. The molecule has 100 valence electrons. The molecule has 0 aliphatic rings. The first-order chi connectivity index (χ1) is 9.17. The minimum absolute atomic E-state index is 0.0969. The summed E-state index contributed by atoms with van der Waals surface area (Å²) in [4.78, 5) is 11.8. The summed E-state index contributed by atoms with van der Waals surface area (Å²) in [5.41, 5.74) is 0.933. The summed E-state index contributed by atoms with van der Waals surface area (Å²) in [5, 5.41) is 11.8. The summed E-state index contributed by atoms with van der Waals surface area (Å²) in [6.45, 7) is 4.42. The molecule has 0 saturated heterocycles. The molecule has 5 nitrogen and oxygen atoms in total. The average molecular weight is 277 g/mol. The summed E-state index contributed by atoms with van der Waals surface area (Å²) in [6.07, 6.45) is 0.311. The number of benzene rings is 1. The zero-order valence-corrected chi connectivity index (χ0v) is 11.7. The van der Waals surface area contributed by atoms with Crippen LogP contribution >= 0.6 is 11.3 Å². The molecule has 1 N–H and O–H groups in total. The van der Waals surface area contributed by atoms with Gasteiger partial charge in [0.15, 0.2) is 0 Å². The van der Waals surface area contributed by atoms with Crippen LogP contribution in [0.15, 0.2) is 24.3 Å². The number of hydrogen-bond acceptors (Lipinski definition) is 5. The number of rotatable bonds is 5. The van der Waals surface area contributed by atoms with Gasteiger partial charge in [-0.25, -0.2) is 0 Å². The maximum atomic E-state index is 11.8. The van der Waals surface area contributed by atoms with Crippen LogP contribution in [-0.2, 0) is 11.2 Å². The van der Waals surface area contributed by atoms with E-state index >= 15 is 0 Å². The second-order valence-corrected chi connectivity index (χ2v) is 5.11. The van der Waals surface area contributed by atoms with Crippen LogP contribution in [0.3, 0.4) is 0 Å². The predicted octanol–water partition coefficient (Wildman–Crippen LogP) is 2.43. The van der Waals surface area contributed by atoms with Gasteiger partial charge in [0, 0.05) is 0 Å². The predicted molar refractivity (Wildman–Crippen MR) is 74.6 cm³/mol. The van der Waals surface area contributed by atoms with Crippen molar-refractivity contribution in [3.05, 3.63) is 34.8 Å². The molecule has 0 atom stereocenters. The lowest BCUT2D eigenvalue weighted by atomic mass is 10.1. The molecule has 0 unspecified atom stereocenters. The van der Waals surface area contributed by atoms with E-state index in [1.165, 1.54) is 11.3 Å². The largest absolute Gasteiger partial charge is 0.494 e. The highest BCUT2D eigenvalue weighted by Crippen LogP contribution is 2.15. The van der Waals surface area contributed by atoms with Crippen LogP contribution in [-0.4, -0.2) is 22.7 Å².